The van der Waals surface area contributed by atoms with Gasteiger partial charge in [-0.25, -0.2) is 9.50 Å². The van der Waals surface area contributed by atoms with E-state index in [-0.39, 0.29) is 0 Å². The van der Waals surface area contributed by atoms with Crippen LogP contribution < -0.4 is 5.73 Å². The zero-order chi connectivity index (χ0) is 9.54. The largest absolute Gasteiger partial charge is 0.330 e. The van der Waals surface area contributed by atoms with E-state index >= 15 is 0 Å². The first-order valence-corrected chi connectivity index (χ1v) is 4.88. The molecule has 2 heterocycles. The molecule has 1 aliphatic carbocycles. The van der Waals surface area contributed by atoms with Gasteiger partial charge in [0.15, 0.2) is 5.65 Å². The Hall–Kier alpha value is -1.42. The van der Waals surface area contributed by atoms with Gasteiger partial charge in [-0.05, 0) is 30.4 Å². The summed E-state index contributed by atoms with van der Waals surface area (Å²) in [5.74, 6) is 1.27. The fourth-order valence-corrected chi connectivity index (χ4v) is 1.93. The van der Waals surface area contributed by atoms with Crippen LogP contribution in [0.15, 0.2) is 24.7 Å². The van der Waals surface area contributed by atoms with Crippen molar-refractivity contribution >= 4 is 5.65 Å². The standard InChI is InChI=1S/C10H12N4/c11-4-7-3-9(7)8-5-12-10-1-2-13-14(10)6-8/h1-2,5-7,9H,3-4,11H2/t7-,9+/m0/s1. The third kappa shape index (κ3) is 1.11. The minimum atomic E-state index is 0.612. The van der Waals surface area contributed by atoms with E-state index in [1.807, 2.05) is 16.8 Å². The van der Waals surface area contributed by atoms with Crippen LogP contribution in [0.2, 0.25) is 0 Å². The lowest BCUT2D eigenvalue weighted by Gasteiger charge is -1.99. The van der Waals surface area contributed by atoms with E-state index in [1.165, 1.54) is 12.0 Å². The van der Waals surface area contributed by atoms with Crippen molar-refractivity contribution in [2.24, 2.45) is 11.7 Å². The maximum Gasteiger partial charge on any atom is 0.154 e. The summed E-state index contributed by atoms with van der Waals surface area (Å²) in [5, 5.41) is 4.16. The fourth-order valence-electron chi connectivity index (χ4n) is 1.93. The summed E-state index contributed by atoms with van der Waals surface area (Å²) in [5.41, 5.74) is 7.77. The molecule has 2 N–H and O–H groups in total. The summed E-state index contributed by atoms with van der Waals surface area (Å²) < 4.78 is 1.82. The third-order valence-corrected chi connectivity index (χ3v) is 2.92. The molecule has 0 unspecified atom stereocenters. The van der Waals surface area contributed by atoms with Crippen LogP contribution in [-0.4, -0.2) is 21.1 Å². The minimum Gasteiger partial charge on any atom is -0.330 e. The molecule has 2 atom stereocenters. The molecule has 1 saturated carbocycles. The van der Waals surface area contributed by atoms with Gasteiger partial charge in [0.2, 0.25) is 0 Å². The summed E-state index contributed by atoms with van der Waals surface area (Å²) in [6, 6.07) is 1.90. The van der Waals surface area contributed by atoms with Gasteiger partial charge in [-0.1, -0.05) is 0 Å². The maximum atomic E-state index is 5.61. The van der Waals surface area contributed by atoms with Gasteiger partial charge in [0, 0.05) is 18.5 Å². The lowest BCUT2D eigenvalue weighted by atomic mass is 10.2. The number of nitrogens with zero attached hydrogens (tertiary/aromatic N) is 3. The van der Waals surface area contributed by atoms with Crippen molar-refractivity contribution in [2.45, 2.75) is 12.3 Å². The van der Waals surface area contributed by atoms with Gasteiger partial charge in [-0.3, -0.25) is 0 Å². The second kappa shape index (κ2) is 2.78. The summed E-state index contributed by atoms with van der Waals surface area (Å²) in [6.07, 6.45) is 6.96. The van der Waals surface area contributed by atoms with Crippen molar-refractivity contribution in [3.63, 3.8) is 0 Å². The summed E-state index contributed by atoms with van der Waals surface area (Å²) >= 11 is 0. The van der Waals surface area contributed by atoms with Crippen LogP contribution in [0.5, 0.6) is 0 Å². The first-order chi connectivity index (χ1) is 6.88. The Labute approximate surface area is 81.8 Å². The van der Waals surface area contributed by atoms with E-state index in [2.05, 4.69) is 16.3 Å². The molecule has 1 aliphatic rings. The van der Waals surface area contributed by atoms with Crippen molar-refractivity contribution in [3.8, 4) is 0 Å². The van der Waals surface area contributed by atoms with Crippen molar-refractivity contribution in [1.29, 1.82) is 0 Å². The lowest BCUT2D eigenvalue weighted by Crippen LogP contribution is -2.02. The summed E-state index contributed by atoms with van der Waals surface area (Å²) in [7, 11) is 0. The normalized spacial score (nSPS) is 25.5. The average molecular weight is 188 g/mol. The molecule has 0 saturated heterocycles. The van der Waals surface area contributed by atoms with E-state index in [9.17, 15) is 0 Å². The monoisotopic (exact) mass is 188 g/mol. The van der Waals surface area contributed by atoms with Crippen molar-refractivity contribution in [2.75, 3.05) is 6.54 Å². The molecule has 1 fully saturated rings. The number of aromatic nitrogens is 3. The number of hydrogen-bond donors (Lipinski definition) is 1. The molecule has 4 heteroatoms. The molecular weight excluding hydrogens is 176 g/mol. The van der Waals surface area contributed by atoms with E-state index in [1.54, 1.807) is 6.20 Å². The fraction of sp³-hybridized carbons (Fsp3) is 0.400. The topological polar surface area (TPSA) is 56.2 Å². The van der Waals surface area contributed by atoms with Crippen LogP contribution in [0.1, 0.15) is 17.9 Å². The van der Waals surface area contributed by atoms with E-state index in [0.29, 0.717) is 11.8 Å². The van der Waals surface area contributed by atoms with Crippen LogP contribution in [0.4, 0.5) is 0 Å². The zero-order valence-electron chi connectivity index (χ0n) is 7.80. The Morgan fingerprint density at radius 1 is 1.57 bits per heavy atom. The van der Waals surface area contributed by atoms with Crippen molar-refractivity contribution < 1.29 is 0 Å². The average Bonchev–Trinajstić information content (AvgIpc) is 2.87. The highest BCUT2D eigenvalue weighted by atomic mass is 15.2. The smallest absolute Gasteiger partial charge is 0.154 e. The Balaban J connectivity index is 1.98. The molecular formula is C10H12N4. The molecule has 4 nitrogen and oxygen atoms in total. The molecule has 0 aliphatic heterocycles. The third-order valence-electron chi connectivity index (χ3n) is 2.92. The first kappa shape index (κ1) is 7.94. The number of nitrogens with two attached hydrogens (primary N) is 1. The van der Waals surface area contributed by atoms with Gasteiger partial charge in [0.25, 0.3) is 0 Å². The van der Waals surface area contributed by atoms with E-state index in [0.717, 1.165) is 12.2 Å². The van der Waals surface area contributed by atoms with Gasteiger partial charge in [0.1, 0.15) is 0 Å². The number of hydrogen-bond acceptors (Lipinski definition) is 3. The molecule has 72 valence electrons. The quantitative estimate of drug-likeness (QED) is 0.758. The minimum absolute atomic E-state index is 0.612. The molecule has 0 radical (unpaired) electrons. The van der Waals surface area contributed by atoms with Crippen LogP contribution in [0.3, 0.4) is 0 Å². The lowest BCUT2D eigenvalue weighted by molar-refractivity contribution is 0.798. The molecule has 0 bridgehead atoms. The molecule has 0 spiro atoms. The van der Waals surface area contributed by atoms with Crippen molar-refractivity contribution in [3.05, 3.63) is 30.2 Å². The molecule has 0 aromatic carbocycles. The van der Waals surface area contributed by atoms with Gasteiger partial charge >= 0.3 is 0 Å². The predicted molar refractivity (Wildman–Crippen MR) is 52.9 cm³/mol. The van der Waals surface area contributed by atoms with Crippen LogP contribution in [0, 0.1) is 5.92 Å². The molecule has 14 heavy (non-hydrogen) atoms. The Morgan fingerprint density at radius 2 is 2.50 bits per heavy atom. The molecule has 2 aromatic heterocycles. The van der Waals surface area contributed by atoms with Crippen molar-refractivity contribution in [1.82, 2.24) is 14.6 Å². The zero-order valence-corrected chi connectivity index (χ0v) is 7.80. The van der Waals surface area contributed by atoms with Crippen LogP contribution in [0.25, 0.3) is 5.65 Å². The molecule has 0 amide bonds. The molecule has 2 aromatic rings. The van der Waals surface area contributed by atoms with Crippen LogP contribution >= 0.6 is 0 Å². The number of fused-ring (bicyclic) bond motifs is 1. The first-order valence-electron chi connectivity index (χ1n) is 4.88. The summed E-state index contributed by atoms with van der Waals surface area (Å²) in [4.78, 5) is 4.33. The second-order valence-corrected chi connectivity index (χ2v) is 3.86. The highest BCUT2D eigenvalue weighted by molar-refractivity contribution is 5.37. The highest BCUT2D eigenvalue weighted by Gasteiger charge is 2.37. The second-order valence-electron chi connectivity index (χ2n) is 3.86. The van der Waals surface area contributed by atoms with Gasteiger partial charge in [-0.2, -0.15) is 5.10 Å². The van der Waals surface area contributed by atoms with E-state index < -0.39 is 0 Å². The number of rotatable bonds is 2. The van der Waals surface area contributed by atoms with Gasteiger partial charge < -0.3 is 5.73 Å². The summed E-state index contributed by atoms with van der Waals surface area (Å²) in [6.45, 7) is 0.780. The SMILES string of the molecule is NC[C@@H]1C[C@H]1c1cnc2ccnn2c1. The van der Waals surface area contributed by atoms with E-state index in [4.69, 9.17) is 5.73 Å². The molecule has 3 rings (SSSR count). The van der Waals surface area contributed by atoms with Gasteiger partial charge in [-0.15, -0.1) is 0 Å². The van der Waals surface area contributed by atoms with Crippen LogP contribution in [-0.2, 0) is 0 Å². The highest BCUT2D eigenvalue weighted by Crippen LogP contribution is 2.46. The Morgan fingerprint density at radius 3 is 3.29 bits per heavy atom. The Kier molecular flexibility index (Phi) is 1.58. The predicted octanol–water partition coefficient (Wildman–Crippen LogP) is 0.792. The van der Waals surface area contributed by atoms with Gasteiger partial charge in [0.05, 0.1) is 6.20 Å². The Bertz CT molecular complexity index is 462. The maximum absolute atomic E-state index is 5.61.